The molecule has 1 aromatic heterocycles. The number of aliphatic hydroxyl groups is 2. The van der Waals surface area contributed by atoms with Crippen LogP contribution in [0.5, 0.6) is 0 Å². The number of hydrogen-bond donors (Lipinski definition) is 5. The lowest BCUT2D eigenvalue weighted by Crippen LogP contribution is -2.53. The molecule has 0 spiro atoms. The van der Waals surface area contributed by atoms with Gasteiger partial charge in [-0.3, -0.25) is 9.59 Å². The third-order valence-electron chi connectivity index (χ3n) is 7.99. The van der Waals surface area contributed by atoms with Gasteiger partial charge in [-0.25, -0.2) is 4.79 Å². The molecule has 0 bridgehead atoms. The number of nitrogens with one attached hydrogen (secondary N) is 3. The van der Waals surface area contributed by atoms with Gasteiger partial charge in [-0.15, -0.1) is 0 Å². The Hall–Kier alpha value is -4.30. The minimum atomic E-state index is -1.06. The van der Waals surface area contributed by atoms with Crippen LogP contribution in [0, 0.1) is 0 Å². The Labute approximate surface area is 340 Å². The lowest BCUT2D eigenvalue weighted by atomic mass is 10.0. The summed E-state index contributed by atoms with van der Waals surface area (Å²) < 4.78 is 9.80. The molecular weight excluding hydrogens is 749 g/mol. The zero-order chi connectivity index (χ0) is 40.7. The van der Waals surface area contributed by atoms with E-state index in [-0.39, 0.29) is 18.1 Å². The minimum absolute atomic E-state index is 0.0105. The van der Waals surface area contributed by atoms with Crippen molar-refractivity contribution in [1.82, 2.24) is 21.1 Å². The van der Waals surface area contributed by atoms with Crippen LogP contribution in [0.25, 0.3) is 11.3 Å². The minimum Gasteiger partial charge on any atom is -0.441 e. The molecule has 0 fully saturated rings. The van der Waals surface area contributed by atoms with Crippen molar-refractivity contribution < 1.29 is 33.9 Å². The first-order valence-corrected chi connectivity index (χ1v) is 21.5. The third kappa shape index (κ3) is 21.7. The molecule has 2 aromatic rings. The van der Waals surface area contributed by atoms with E-state index in [2.05, 4.69) is 94.9 Å². The predicted molar refractivity (Wildman–Crippen MR) is 230 cm³/mol. The molecule has 2 rings (SSSR count). The van der Waals surface area contributed by atoms with Crippen LogP contribution < -0.4 is 16.0 Å². The maximum absolute atomic E-state index is 13.3. The number of rotatable bonds is 28. The highest BCUT2D eigenvalue weighted by Crippen LogP contribution is 2.38. The van der Waals surface area contributed by atoms with Gasteiger partial charge < -0.3 is 35.4 Å². The monoisotopic (exact) mass is 808 g/mol. The van der Waals surface area contributed by atoms with Gasteiger partial charge in [-0.2, -0.15) is 0 Å². The van der Waals surface area contributed by atoms with E-state index in [1.165, 1.54) is 21.6 Å². The molecule has 306 valence electrons. The SMILES string of the molecule is CC/C=C\C/C=C\C/C=C\C/C=C\C/C=C\C/C=C\CCC(=O)NCCSSC(C)(C)[C@@H](CNC(=O)OC(CO)CO)NC(=O)c1cc(-c2ccccc2)on1. The number of aromatic nitrogens is 1. The standard InChI is InChI=1S/C43H60N4O7S2/c1-4-5-6-7-8-9-10-11-12-13-14-15-16-17-18-19-20-21-25-28-40(50)44-29-30-55-56-43(2,3)39(32-45-42(52)53-36(33-48)34-49)46-41(51)37-31-38(54-47-37)35-26-23-22-24-27-35/h5-6,8-9,11-12,14-15,17-18,20-24,26-27,31,36,39,48-49H,4,7,10,13,16,19,25,28-30,32-34H2,1-3H3,(H,44,50)(H,45,52)(H,46,51)/b6-5-,9-8-,12-11-,15-14-,18-17-,21-20-/t39-/m1/s1. The lowest BCUT2D eigenvalue weighted by Gasteiger charge is -2.34. The number of carbonyl (C=O) groups excluding carboxylic acids is 3. The summed E-state index contributed by atoms with van der Waals surface area (Å²) in [5.41, 5.74) is 0.854. The Bertz CT molecular complexity index is 1580. The summed E-state index contributed by atoms with van der Waals surface area (Å²) in [6.07, 6.45) is 30.8. The fraction of sp³-hybridized carbons (Fsp3) is 0.442. The molecular formula is C43H60N4O7S2. The average molecular weight is 809 g/mol. The van der Waals surface area contributed by atoms with Gasteiger partial charge in [0, 0.05) is 41.6 Å². The van der Waals surface area contributed by atoms with Gasteiger partial charge in [0.05, 0.1) is 19.3 Å². The molecule has 11 nitrogen and oxygen atoms in total. The number of ether oxygens (including phenoxy) is 1. The van der Waals surface area contributed by atoms with Crippen LogP contribution in [-0.2, 0) is 9.53 Å². The summed E-state index contributed by atoms with van der Waals surface area (Å²) in [6, 6.07) is 10.2. The highest BCUT2D eigenvalue weighted by atomic mass is 33.1. The number of hydrogen-bond acceptors (Lipinski definition) is 10. The second-order valence-corrected chi connectivity index (χ2v) is 16.1. The van der Waals surface area contributed by atoms with Gasteiger partial charge in [-0.05, 0) is 58.8 Å². The summed E-state index contributed by atoms with van der Waals surface area (Å²) in [5, 5.41) is 31.0. The zero-order valence-electron chi connectivity index (χ0n) is 32.9. The molecule has 56 heavy (non-hydrogen) atoms. The van der Waals surface area contributed by atoms with Gasteiger partial charge in [0.15, 0.2) is 11.5 Å². The number of allylic oxidation sites excluding steroid dienone is 12. The van der Waals surface area contributed by atoms with Gasteiger partial charge in [-0.1, -0.05) is 137 Å². The highest BCUT2D eigenvalue weighted by Gasteiger charge is 2.33. The summed E-state index contributed by atoms with van der Waals surface area (Å²) in [5.74, 6) is 0.553. The summed E-state index contributed by atoms with van der Waals surface area (Å²) >= 11 is 0. The summed E-state index contributed by atoms with van der Waals surface area (Å²) in [4.78, 5) is 38.0. The van der Waals surface area contributed by atoms with E-state index in [9.17, 15) is 24.6 Å². The Morgan fingerprint density at radius 3 is 1.98 bits per heavy atom. The zero-order valence-corrected chi connectivity index (χ0v) is 34.6. The van der Waals surface area contributed by atoms with Crippen molar-refractivity contribution in [2.75, 3.05) is 32.1 Å². The molecule has 0 unspecified atom stereocenters. The second kappa shape index (κ2) is 29.9. The van der Waals surface area contributed by atoms with E-state index in [1.807, 2.05) is 50.3 Å². The first-order chi connectivity index (χ1) is 27.2. The number of nitrogens with zero attached hydrogens (tertiary/aromatic N) is 1. The smallest absolute Gasteiger partial charge is 0.407 e. The maximum Gasteiger partial charge on any atom is 0.407 e. The van der Waals surface area contributed by atoms with Crippen LogP contribution in [0.15, 0.2) is 114 Å². The van der Waals surface area contributed by atoms with Gasteiger partial charge >= 0.3 is 6.09 Å². The van der Waals surface area contributed by atoms with Crippen LogP contribution in [0.3, 0.4) is 0 Å². The normalized spacial score (nSPS) is 13.0. The fourth-order valence-corrected chi connectivity index (χ4v) is 7.35. The van der Waals surface area contributed by atoms with Gasteiger partial charge in [0.25, 0.3) is 5.91 Å². The van der Waals surface area contributed by atoms with Gasteiger partial charge in [0.1, 0.15) is 6.10 Å². The quantitative estimate of drug-likeness (QED) is 0.0321. The lowest BCUT2D eigenvalue weighted by molar-refractivity contribution is -0.120. The molecule has 1 heterocycles. The van der Waals surface area contributed by atoms with Crippen molar-refractivity contribution >= 4 is 39.5 Å². The summed E-state index contributed by atoms with van der Waals surface area (Å²) in [6.45, 7) is 5.40. The van der Waals surface area contributed by atoms with Crippen LogP contribution in [0.2, 0.25) is 0 Å². The number of alkyl carbamates (subject to hydrolysis) is 1. The van der Waals surface area contributed by atoms with E-state index in [4.69, 9.17) is 9.26 Å². The fourth-order valence-electron chi connectivity index (χ4n) is 4.76. The van der Waals surface area contributed by atoms with Gasteiger partial charge in [0.2, 0.25) is 5.91 Å². The van der Waals surface area contributed by atoms with Crippen LogP contribution in [-0.4, -0.2) is 82.2 Å². The van der Waals surface area contributed by atoms with Crippen molar-refractivity contribution in [3.63, 3.8) is 0 Å². The van der Waals surface area contributed by atoms with Crippen molar-refractivity contribution in [1.29, 1.82) is 0 Å². The third-order valence-corrected chi connectivity index (χ3v) is 11.3. The molecule has 13 heteroatoms. The molecule has 0 aliphatic rings. The van der Waals surface area contributed by atoms with Crippen LogP contribution in [0.4, 0.5) is 4.79 Å². The molecule has 0 aliphatic carbocycles. The number of benzene rings is 1. The van der Waals surface area contributed by atoms with Crippen molar-refractivity contribution in [3.8, 4) is 11.3 Å². The number of aliphatic hydroxyl groups excluding tert-OH is 2. The first kappa shape index (κ1) is 47.9. The second-order valence-electron chi connectivity index (χ2n) is 13.1. The molecule has 1 atom stereocenters. The summed E-state index contributed by atoms with van der Waals surface area (Å²) in [7, 11) is 3.03. The van der Waals surface area contributed by atoms with E-state index >= 15 is 0 Å². The Morgan fingerprint density at radius 2 is 1.41 bits per heavy atom. The molecule has 3 amide bonds. The van der Waals surface area contributed by atoms with Crippen molar-refractivity contribution in [2.45, 2.75) is 89.0 Å². The number of amides is 3. The van der Waals surface area contributed by atoms with E-state index in [1.54, 1.807) is 6.07 Å². The Kier molecular flexibility index (Phi) is 25.6. The van der Waals surface area contributed by atoms with Crippen molar-refractivity contribution in [3.05, 3.63) is 115 Å². The topological polar surface area (TPSA) is 163 Å². The largest absolute Gasteiger partial charge is 0.441 e. The van der Waals surface area contributed by atoms with E-state index < -0.39 is 42.1 Å². The average Bonchev–Trinajstić information content (AvgIpc) is 3.70. The molecule has 0 saturated carbocycles. The molecule has 5 N–H and O–H groups in total. The Balaban J connectivity index is 1.71. The van der Waals surface area contributed by atoms with E-state index in [0.29, 0.717) is 30.9 Å². The molecule has 0 radical (unpaired) electrons. The highest BCUT2D eigenvalue weighted by molar-refractivity contribution is 8.77. The predicted octanol–water partition coefficient (Wildman–Crippen LogP) is 8.27. The van der Waals surface area contributed by atoms with E-state index in [0.717, 1.165) is 44.1 Å². The van der Waals surface area contributed by atoms with Crippen molar-refractivity contribution in [2.24, 2.45) is 0 Å². The van der Waals surface area contributed by atoms with Crippen LogP contribution in [0.1, 0.15) is 82.6 Å². The maximum atomic E-state index is 13.3. The molecule has 0 saturated heterocycles. The first-order valence-electron chi connectivity index (χ1n) is 19.2. The molecule has 0 aliphatic heterocycles. The number of carbonyl (C=O) groups is 3. The molecule has 1 aromatic carbocycles. The van der Waals surface area contributed by atoms with Crippen LogP contribution >= 0.6 is 21.6 Å². The Morgan fingerprint density at radius 1 is 0.839 bits per heavy atom.